The number of primary amides is 1. The third-order valence-electron chi connectivity index (χ3n) is 6.01. The summed E-state index contributed by atoms with van der Waals surface area (Å²) in [6.45, 7) is 5.78. The van der Waals surface area contributed by atoms with E-state index in [2.05, 4.69) is 30.8 Å². The summed E-state index contributed by atoms with van der Waals surface area (Å²) in [4.78, 5) is 21.7. The number of amides is 1. The van der Waals surface area contributed by atoms with Crippen LogP contribution in [0.1, 0.15) is 42.5 Å². The largest absolute Gasteiger partial charge is 0.369 e. The molecule has 9 nitrogen and oxygen atoms in total. The van der Waals surface area contributed by atoms with Crippen molar-refractivity contribution in [3.63, 3.8) is 0 Å². The summed E-state index contributed by atoms with van der Waals surface area (Å²) >= 11 is 6.23. The minimum Gasteiger partial charge on any atom is -0.369 e. The zero-order valence-corrected chi connectivity index (χ0v) is 19.9. The van der Waals surface area contributed by atoms with Gasteiger partial charge in [-0.05, 0) is 68.5 Å². The van der Waals surface area contributed by atoms with E-state index in [1.54, 1.807) is 12.1 Å². The number of H-pyrrole nitrogens is 1. The summed E-state index contributed by atoms with van der Waals surface area (Å²) in [5.74, 6) is 0.685. The molecule has 0 unspecified atom stereocenters. The number of aryl methyl sites for hydroxylation is 2. The second-order valence-electron chi connectivity index (χ2n) is 8.48. The standard InChI is InChI=1S/C23H28ClFN8O/c1-3-15-9-21(32-31-15)29-22-17(24)11-27-23(30-22)28-19-8-13(2)16(10-18(19)25)14-4-6-33(7-5-14)12-20(26)34/h8-11,14H,3-7,12H2,1-2H3,(H2,26,34)(H3,27,28,29,30,31,32). The van der Waals surface area contributed by atoms with Gasteiger partial charge in [0.25, 0.3) is 0 Å². The molecule has 1 aliphatic rings. The van der Waals surface area contributed by atoms with Gasteiger partial charge in [0.05, 0.1) is 18.4 Å². The number of carbonyl (C=O) groups is 1. The van der Waals surface area contributed by atoms with Crippen LogP contribution < -0.4 is 16.4 Å². The van der Waals surface area contributed by atoms with E-state index in [4.69, 9.17) is 17.3 Å². The van der Waals surface area contributed by atoms with E-state index >= 15 is 4.39 Å². The first kappa shape index (κ1) is 23.9. The number of rotatable bonds is 8. The van der Waals surface area contributed by atoms with Crippen molar-refractivity contribution in [3.8, 4) is 0 Å². The van der Waals surface area contributed by atoms with Crippen LogP contribution >= 0.6 is 11.6 Å². The number of nitrogens with zero attached hydrogens (tertiary/aromatic N) is 4. The van der Waals surface area contributed by atoms with Gasteiger partial charge in [-0.25, -0.2) is 9.37 Å². The number of halogens is 2. The Balaban J connectivity index is 1.47. The predicted molar refractivity (Wildman–Crippen MR) is 130 cm³/mol. The van der Waals surface area contributed by atoms with Crippen LogP contribution in [0.2, 0.25) is 5.02 Å². The smallest absolute Gasteiger partial charge is 0.231 e. The number of nitrogens with one attached hydrogen (secondary N) is 3. The fourth-order valence-electron chi connectivity index (χ4n) is 4.22. The van der Waals surface area contributed by atoms with Crippen LogP contribution in [-0.4, -0.2) is 50.6 Å². The molecule has 0 spiro atoms. The third kappa shape index (κ3) is 5.63. The average Bonchev–Trinajstić information content (AvgIpc) is 3.26. The van der Waals surface area contributed by atoms with Gasteiger partial charge in [-0.2, -0.15) is 10.1 Å². The van der Waals surface area contributed by atoms with Crippen LogP contribution in [0.25, 0.3) is 0 Å². The Morgan fingerprint density at radius 3 is 2.74 bits per heavy atom. The Hall–Kier alpha value is -3.24. The number of aromatic amines is 1. The maximum atomic E-state index is 15.0. The van der Waals surface area contributed by atoms with Crippen molar-refractivity contribution >= 4 is 40.8 Å². The van der Waals surface area contributed by atoms with Crippen molar-refractivity contribution in [2.75, 3.05) is 30.3 Å². The molecule has 4 rings (SSSR count). The Morgan fingerprint density at radius 1 is 1.29 bits per heavy atom. The monoisotopic (exact) mass is 486 g/mol. The van der Waals surface area contributed by atoms with Crippen molar-refractivity contribution in [2.45, 2.75) is 39.0 Å². The summed E-state index contributed by atoms with van der Waals surface area (Å²) in [6.07, 6.45) is 3.97. The van der Waals surface area contributed by atoms with E-state index in [1.807, 2.05) is 24.8 Å². The average molecular weight is 487 g/mol. The van der Waals surface area contributed by atoms with Crippen molar-refractivity contribution in [2.24, 2.45) is 5.73 Å². The molecule has 3 heterocycles. The van der Waals surface area contributed by atoms with E-state index < -0.39 is 0 Å². The van der Waals surface area contributed by atoms with Gasteiger partial charge in [-0.1, -0.05) is 18.5 Å². The molecular formula is C23H28ClFN8O. The molecule has 180 valence electrons. The van der Waals surface area contributed by atoms with E-state index in [1.165, 1.54) is 6.20 Å². The molecule has 11 heteroatoms. The summed E-state index contributed by atoms with van der Waals surface area (Å²) in [5.41, 5.74) is 8.51. The van der Waals surface area contributed by atoms with E-state index in [9.17, 15) is 4.79 Å². The lowest BCUT2D eigenvalue weighted by atomic mass is 9.86. The molecule has 0 aliphatic carbocycles. The van der Waals surface area contributed by atoms with Crippen molar-refractivity contribution in [1.82, 2.24) is 25.1 Å². The number of aromatic nitrogens is 4. The number of nitrogens with two attached hydrogens (primary N) is 1. The molecule has 1 aliphatic heterocycles. The minimum absolute atomic E-state index is 0.212. The molecule has 1 fully saturated rings. The number of likely N-dealkylation sites (tertiary alicyclic amines) is 1. The number of benzene rings is 1. The van der Waals surface area contributed by atoms with Crippen LogP contribution in [0, 0.1) is 12.7 Å². The lowest BCUT2D eigenvalue weighted by Crippen LogP contribution is -2.39. The second kappa shape index (κ2) is 10.4. The lowest BCUT2D eigenvalue weighted by molar-refractivity contribution is -0.119. The Bertz CT molecular complexity index is 1180. The Kier molecular flexibility index (Phi) is 7.28. The molecule has 34 heavy (non-hydrogen) atoms. The lowest BCUT2D eigenvalue weighted by Gasteiger charge is -2.32. The molecular weight excluding hydrogens is 459 g/mol. The van der Waals surface area contributed by atoms with E-state index in [-0.39, 0.29) is 35.8 Å². The molecule has 2 aromatic heterocycles. The molecule has 1 saturated heterocycles. The van der Waals surface area contributed by atoms with Crippen LogP contribution in [0.4, 0.5) is 27.7 Å². The van der Waals surface area contributed by atoms with Crippen molar-refractivity contribution < 1.29 is 9.18 Å². The first-order valence-electron chi connectivity index (χ1n) is 11.2. The highest BCUT2D eigenvalue weighted by molar-refractivity contribution is 6.32. The van der Waals surface area contributed by atoms with Gasteiger partial charge in [0.2, 0.25) is 11.9 Å². The van der Waals surface area contributed by atoms with Crippen molar-refractivity contribution in [1.29, 1.82) is 0 Å². The Morgan fingerprint density at radius 2 is 2.06 bits per heavy atom. The first-order chi connectivity index (χ1) is 16.3. The van der Waals surface area contributed by atoms with Gasteiger partial charge in [0, 0.05) is 11.8 Å². The predicted octanol–water partition coefficient (Wildman–Crippen LogP) is 4.01. The highest BCUT2D eigenvalue weighted by Gasteiger charge is 2.24. The molecule has 0 atom stereocenters. The SMILES string of the molecule is CCc1cc(Nc2nc(Nc3cc(C)c(C4CCN(CC(N)=O)CC4)cc3F)ncc2Cl)n[nH]1. The summed E-state index contributed by atoms with van der Waals surface area (Å²) in [7, 11) is 0. The molecule has 1 amide bonds. The Labute approximate surface area is 202 Å². The van der Waals surface area contributed by atoms with E-state index in [0.717, 1.165) is 49.2 Å². The number of hydrogen-bond acceptors (Lipinski definition) is 7. The van der Waals surface area contributed by atoms with Crippen LogP contribution in [0.15, 0.2) is 24.4 Å². The topological polar surface area (TPSA) is 125 Å². The number of hydrogen-bond donors (Lipinski definition) is 4. The summed E-state index contributed by atoms with van der Waals surface area (Å²) in [6, 6.07) is 5.22. The first-order valence-corrected chi connectivity index (χ1v) is 11.6. The highest BCUT2D eigenvalue weighted by atomic mass is 35.5. The maximum Gasteiger partial charge on any atom is 0.231 e. The molecule has 5 N–H and O–H groups in total. The van der Waals surface area contributed by atoms with E-state index in [0.29, 0.717) is 16.7 Å². The van der Waals surface area contributed by atoms with Gasteiger partial charge in [0.1, 0.15) is 10.8 Å². The van der Waals surface area contributed by atoms with Crippen molar-refractivity contribution in [3.05, 3.63) is 52.1 Å². The maximum absolute atomic E-state index is 15.0. The van der Waals surface area contributed by atoms with Crippen LogP contribution in [-0.2, 0) is 11.2 Å². The molecule has 3 aromatic rings. The molecule has 0 bridgehead atoms. The van der Waals surface area contributed by atoms with Gasteiger partial charge in [-0.15, -0.1) is 0 Å². The van der Waals surface area contributed by atoms with Gasteiger partial charge in [-0.3, -0.25) is 14.8 Å². The highest BCUT2D eigenvalue weighted by Crippen LogP contribution is 2.33. The zero-order chi connectivity index (χ0) is 24.2. The quantitative estimate of drug-likeness (QED) is 0.379. The fourth-order valence-corrected chi connectivity index (χ4v) is 4.36. The number of carbonyl (C=O) groups excluding carboxylic acids is 1. The number of piperidine rings is 1. The summed E-state index contributed by atoms with van der Waals surface area (Å²) in [5, 5.41) is 13.4. The van der Waals surface area contributed by atoms with Gasteiger partial charge >= 0.3 is 0 Å². The van der Waals surface area contributed by atoms with Gasteiger partial charge in [0.15, 0.2) is 11.6 Å². The summed E-state index contributed by atoms with van der Waals surface area (Å²) < 4.78 is 15.0. The third-order valence-corrected chi connectivity index (χ3v) is 6.29. The molecule has 0 radical (unpaired) electrons. The fraction of sp³-hybridized carbons (Fsp3) is 0.391. The number of anilines is 4. The molecule has 0 saturated carbocycles. The zero-order valence-electron chi connectivity index (χ0n) is 19.2. The van der Waals surface area contributed by atoms with Crippen LogP contribution in [0.5, 0.6) is 0 Å². The van der Waals surface area contributed by atoms with Crippen LogP contribution in [0.3, 0.4) is 0 Å². The van der Waals surface area contributed by atoms with Gasteiger partial charge < -0.3 is 16.4 Å². The normalized spacial score (nSPS) is 14.8. The second-order valence-corrected chi connectivity index (χ2v) is 8.88. The molecule has 1 aromatic carbocycles. The minimum atomic E-state index is -0.381.